The maximum atomic E-state index is 5.55. The van der Waals surface area contributed by atoms with Crippen LogP contribution in [-0.2, 0) is 9.47 Å². The molecule has 4 heterocycles. The quantitative estimate of drug-likeness (QED) is 0.850. The summed E-state index contributed by atoms with van der Waals surface area (Å²) in [4.78, 5) is 2.60. The fraction of sp³-hybridized carbons (Fsp3) is 0.812. The minimum atomic E-state index is 0.451. The van der Waals surface area contributed by atoms with Crippen molar-refractivity contribution in [2.24, 2.45) is 0 Å². The second-order valence-corrected chi connectivity index (χ2v) is 6.67. The number of piperidine rings is 1. The lowest BCUT2D eigenvalue weighted by molar-refractivity contribution is -0.0714. The Labute approximate surface area is 126 Å². The van der Waals surface area contributed by atoms with Crippen LogP contribution in [0, 0.1) is 6.92 Å². The van der Waals surface area contributed by atoms with Crippen molar-refractivity contribution in [1.82, 2.24) is 14.7 Å². The molecule has 5 heteroatoms. The van der Waals surface area contributed by atoms with Gasteiger partial charge in [0.25, 0.3) is 0 Å². The molecule has 21 heavy (non-hydrogen) atoms. The number of hydrogen-bond acceptors (Lipinski definition) is 4. The molecular formula is C16H25N3O2. The molecule has 0 saturated carbocycles. The summed E-state index contributed by atoms with van der Waals surface area (Å²) in [7, 11) is 0. The Bertz CT molecular complexity index is 484. The zero-order chi connectivity index (χ0) is 14.2. The molecule has 3 fully saturated rings. The highest BCUT2D eigenvalue weighted by Crippen LogP contribution is 2.33. The first kappa shape index (κ1) is 13.7. The third kappa shape index (κ3) is 2.62. The second kappa shape index (κ2) is 5.71. The molecule has 3 aliphatic rings. The van der Waals surface area contributed by atoms with Crippen molar-refractivity contribution < 1.29 is 9.47 Å². The van der Waals surface area contributed by atoms with Crippen molar-refractivity contribution in [2.45, 2.75) is 44.2 Å². The summed E-state index contributed by atoms with van der Waals surface area (Å²) in [6.45, 7) is 8.07. The van der Waals surface area contributed by atoms with Gasteiger partial charge < -0.3 is 9.47 Å². The molecule has 4 rings (SSSR count). The number of ether oxygens (including phenoxy) is 2. The molecule has 116 valence electrons. The molecule has 0 aromatic carbocycles. The van der Waals surface area contributed by atoms with E-state index >= 15 is 0 Å². The molecule has 1 atom stereocenters. The van der Waals surface area contributed by atoms with Crippen LogP contribution in [0.15, 0.2) is 6.07 Å². The van der Waals surface area contributed by atoms with Crippen LogP contribution < -0.4 is 0 Å². The highest BCUT2D eigenvalue weighted by Gasteiger charge is 2.32. The monoisotopic (exact) mass is 291 g/mol. The summed E-state index contributed by atoms with van der Waals surface area (Å²) in [5.74, 6) is 0.657. The topological polar surface area (TPSA) is 39.5 Å². The van der Waals surface area contributed by atoms with E-state index in [1.165, 1.54) is 31.6 Å². The van der Waals surface area contributed by atoms with Crippen molar-refractivity contribution >= 4 is 0 Å². The van der Waals surface area contributed by atoms with Crippen LogP contribution in [0.3, 0.4) is 0 Å². The van der Waals surface area contributed by atoms with E-state index < -0.39 is 0 Å². The van der Waals surface area contributed by atoms with Crippen molar-refractivity contribution in [3.8, 4) is 0 Å². The maximum Gasteiger partial charge on any atom is 0.0777 e. The van der Waals surface area contributed by atoms with Gasteiger partial charge in [-0.25, -0.2) is 0 Å². The molecule has 3 aliphatic heterocycles. The second-order valence-electron chi connectivity index (χ2n) is 6.67. The molecule has 0 N–H and O–H groups in total. The van der Waals surface area contributed by atoms with Gasteiger partial charge in [0.15, 0.2) is 0 Å². The molecule has 5 nitrogen and oxygen atoms in total. The van der Waals surface area contributed by atoms with Gasteiger partial charge in [0.05, 0.1) is 37.6 Å². The minimum Gasteiger partial charge on any atom is -0.379 e. The van der Waals surface area contributed by atoms with Crippen molar-refractivity contribution in [1.29, 1.82) is 0 Å². The van der Waals surface area contributed by atoms with Crippen LogP contribution in [0.2, 0.25) is 0 Å². The first-order valence-corrected chi connectivity index (χ1v) is 8.27. The fourth-order valence-corrected chi connectivity index (χ4v) is 3.84. The number of rotatable bonds is 3. The SMILES string of the molecule is Cc1cc(C2CCN(C3COC3)CC2)n(C2CCOC2)n1. The van der Waals surface area contributed by atoms with E-state index in [9.17, 15) is 0 Å². The smallest absolute Gasteiger partial charge is 0.0777 e. The summed E-state index contributed by atoms with van der Waals surface area (Å²) in [5.41, 5.74) is 2.58. The molecule has 3 saturated heterocycles. The van der Waals surface area contributed by atoms with E-state index in [1.54, 1.807) is 0 Å². The van der Waals surface area contributed by atoms with Gasteiger partial charge >= 0.3 is 0 Å². The largest absolute Gasteiger partial charge is 0.379 e. The summed E-state index contributed by atoms with van der Waals surface area (Å²) < 4.78 is 13.1. The van der Waals surface area contributed by atoms with Gasteiger partial charge in [-0.15, -0.1) is 0 Å². The standard InChI is InChI=1S/C16H25N3O2/c1-12-8-16(19(17-12)14-4-7-20-9-14)13-2-5-18(6-3-13)15-10-21-11-15/h8,13-15H,2-7,9-11H2,1H3. The van der Waals surface area contributed by atoms with Crippen LogP contribution in [-0.4, -0.2) is 60.2 Å². The third-order valence-electron chi connectivity index (χ3n) is 5.22. The molecule has 1 aromatic heterocycles. The number of aromatic nitrogens is 2. The van der Waals surface area contributed by atoms with E-state index in [-0.39, 0.29) is 0 Å². The van der Waals surface area contributed by atoms with Crippen molar-refractivity contribution in [3.05, 3.63) is 17.5 Å². The molecule has 0 bridgehead atoms. The Morgan fingerprint density at radius 2 is 1.81 bits per heavy atom. The Hall–Kier alpha value is -0.910. The maximum absolute atomic E-state index is 5.55. The van der Waals surface area contributed by atoms with Gasteiger partial charge in [0.2, 0.25) is 0 Å². The first-order chi connectivity index (χ1) is 10.3. The summed E-state index contributed by atoms with van der Waals surface area (Å²) in [6.07, 6.45) is 3.59. The first-order valence-electron chi connectivity index (χ1n) is 8.27. The van der Waals surface area contributed by atoms with Crippen molar-refractivity contribution in [2.75, 3.05) is 39.5 Å². The molecule has 0 aliphatic carbocycles. The average Bonchev–Trinajstić information content (AvgIpc) is 3.06. The number of likely N-dealkylation sites (tertiary alicyclic amines) is 1. The van der Waals surface area contributed by atoms with E-state index in [0.717, 1.165) is 38.5 Å². The molecule has 0 radical (unpaired) electrons. The zero-order valence-electron chi connectivity index (χ0n) is 12.8. The number of nitrogens with zero attached hydrogens (tertiary/aromatic N) is 3. The van der Waals surface area contributed by atoms with Gasteiger partial charge in [-0.05, 0) is 45.3 Å². The zero-order valence-corrected chi connectivity index (χ0v) is 12.8. The Morgan fingerprint density at radius 1 is 1.05 bits per heavy atom. The highest BCUT2D eigenvalue weighted by atomic mass is 16.5. The molecule has 0 amide bonds. The molecular weight excluding hydrogens is 266 g/mol. The Morgan fingerprint density at radius 3 is 2.43 bits per heavy atom. The third-order valence-corrected chi connectivity index (χ3v) is 5.22. The number of hydrogen-bond donors (Lipinski definition) is 0. The Kier molecular flexibility index (Phi) is 3.73. The van der Waals surface area contributed by atoms with Gasteiger partial charge in [0.1, 0.15) is 0 Å². The normalized spacial score (nSPS) is 28.9. The summed E-state index contributed by atoms with van der Waals surface area (Å²) >= 11 is 0. The van der Waals surface area contributed by atoms with Gasteiger partial charge in [0, 0.05) is 18.2 Å². The highest BCUT2D eigenvalue weighted by molar-refractivity contribution is 5.16. The molecule has 1 unspecified atom stereocenters. The minimum absolute atomic E-state index is 0.451. The lowest BCUT2D eigenvalue weighted by atomic mass is 9.92. The van der Waals surface area contributed by atoms with Crippen molar-refractivity contribution in [3.63, 3.8) is 0 Å². The van der Waals surface area contributed by atoms with E-state index in [1.807, 2.05) is 0 Å². The molecule has 0 spiro atoms. The van der Waals surface area contributed by atoms with E-state index in [4.69, 9.17) is 14.6 Å². The predicted octanol–water partition coefficient (Wildman–Crippen LogP) is 1.73. The van der Waals surface area contributed by atoms with Crippen LogP contribution in [0.4, 0.5) is 0 Å². The van der Waals surface area contributed by atoms with Crippen LogP contribution in [0.5, 0.6) is 0 Å². The fourth-order valence-electron chi connectivity index (χ4n) is 3.84. The average molecular weight is 291 g/mol. The Balaban J connectivity index is 1.46. The van der Waals surface area contributed by atoms with Gasteiger partial charge in [-0.3, -0.25) is 9.58 Å². The summed E-state index contributed by atoms with van der Waals surface area (Å²) in [6, 6.07) is 3.43. The van der Waals surface area contributed by atoms with E-state index in [2.05, 4.69) is 22.6 Å². The lowest BCUT2D eigenvalue weighted by Crippen LogP contribution is -2.51. The van der Waals surface area contributed by atoms with Gasteiger partial charge in [-0.2, -0.15) is 5.10 Å². The van der Waals surface area contributed by atoms with Crippen LogP contribution >= 0.6 is 0 Å². The van der Waals surface area contributed by atoms with Crippen LogP contribution in [0.1, 0.15) is 42.6 Å². The molecule has 1 aromatic rings. The number of aryl methyl sites for hydroxylation is 1. The lowest BCUT2D eigenvalue weighted by Gasteiger charge is -2.41. The van der Waals surface area contributed by atoms with Gasteiger partial charge in [-0.1, -0.05) is 0 Å². The summed E-state index contributed by atoms with van der Waals surface area (Å²) in [5, 5.41) is 4.75. The predicted molar refractivity (Wildman–Crippen MR) is 79.6 cm³/mol. The van der Waals surface area contributed by atoms with E-state index in [0.29, 0.717) is 18.0 Å². The van der Waals surface area contributed by atoms with Crippen LogP contribution in [0.25, 0.3) is 0 Å².